The molecule has 8 nitrogen and oxygen atoms in total. The molecule has 0 aliphatic carbocycles. The van der Waals surface area contributed by atoms with Gasteiger partial charge in [0, 0.05) is 36.0 Å². The van der Waals surface area contributed by atoms with Gasteiger partial charge in [-0.1, -0.05) is 18.2 Å². The quantitative estimate of drug-likeness (QED) is 0.677. The summed E-state index contributed by atoms with van der Waals surface area (Å²) in [5.74, 6) is -2.63. The Bertz CT molecular complexity index is 1050. The summed E-state index contributed by atoms with van der Waals surface area (Å²) in [6, 6.07) is 7.77. The molecule has 0 atom stereocenters. The molecular weight excluding hydrogens is 461 g/mol. The van der Waals surface area contributed by atoms with E-state index in [1.165, 1.54) is 5.56 Å². The van der Waals surface area contributed by atoms with E-state index in [9.17, 15) is 22.8 Å². The number of carbonyl (C=O) groups excluding carboxylic acids is 2. The smallest absolute Gasteiger partial charge is 0.475 e. The number of urea groups is 1. The molecule has 3 heterocycles. The number of rotatable bonds is 2. The predicted octanol–water partition coefficient (Wildman–Crippen LogP) is 3.43. The van der Waals surface area contributed by atoms with Crippen molar-refractivity contribution < 1.29 is 32.7 Å². The van der Waals surface area contributed by atoms with E-state index in [4.69, 9.17) is 15.6 Å². The minimum atomic E-state index is -5.08. The number of hydrogen-bond acceptors (Lipinski definition) is 5. The average Bonchev–Trinajstić information content (AvgIpc) is 3.16. The minimum Gasteiger partial charge on any atom is -0.475 e. The Morgan fingerprint density at radius 1 is 1.24 bits per heavy atom. The molecule has 3 amide bonds. The lowest BCUT2D eigenvalue weighted by atomic mass is 9.67. The second kappa shape index (κ2) is 9.38. The molecule has 178 valence electrons. The van der Waals surface area contributed by atoms with Crippen LogP contribution in [0.4, 0.5) is 23.7 Å². The number of likely N-dealkylation sites (tertiary alicyclic amines) is 1. The lowest BCUT2D eigenvalue weighted by Crippen LogP contribution is -2.51. The molecule has 1 aromatic carbocycles. The summed E-state index contributed by atoms with van der Waals surface area (Å²) in [6.07, 6.45) is -3.08. The maximum Gasteiger partial charge on any atom is 0.490 e. The van der Waals surface area contributed by atoms with Crippen LogP contribution >= 0.6 is 11.3 Å². The fourth-order valence-electron chi connectivity index (χ4n) is 4.19. The standard InChI is InChI=1S/C19H22N4O2S.C2HF3O2/c1-13-21-14(12-26-13)11-23-16-5-3-2-4-15(16)19(10-17(23)24)6-8-22(9-7-19)18(20)25;3-2(4,5)1(6)7/h2-5,12H,6-11H2,1H3,(H2,20,25);(H,6,7). The molecule has 0 saturated carbocycles. The fourth-order valence-corrected chi connectivity index (χ4v) is 4.79. The zero-order valence-electron chi connectivity index (χ0n) is 17.8. The van der Waals surface area contributed by atoms with Crippen LogP contribution in [-0.4, -0.2) is 52.2 Å². The number of amides is 3. The van der Waals surface area contributed by atoms with Crippen LogP contribution in [0.3, 0.4) is 0 Å². The van der Waals surface area contributed by atoms with Crippen molar-refractivity contribution in [3.63, 3.8) is 0 Å². The molecule has 1 aromatic heterocycles. The number of thiazole rings is 1. The summed E-state index contributed by atoms with van der Waals surface area (Å²) in [6.45, 7) is 3.68. The molecule has 33 heavy (non-hydrogen) atoms. The summed E-state index contributed by atoms with van der Waals surface area (Å²) in [4.78, 5) is 41.4. The number of carboxylic acid groups (broad SMARTS) is 1. The summed E-state index contributed by atoms with van der Waals surface area (Å²) < 4.78 is 31.7. The van der Waals surface area contributed by atoms with Gasteiger partial charge in [-0.15, -0.1) is 11.3 Å². The van der Waals surface area contributed by atoms with E-state index in [1.54, 1.807) is 16.2 Å². The van der Waals surface area contributed by atoms with Gasteiger partial charge in [0.1, 0.15) is 0 Å². The number of anilines is 1. The molecule has 2 aliphatic rings. The third kappa shape index (κ3) is 5.44. The number of carbonyl (C=O) groups is 3. The number of piperidine rings is 1. The first-order valence-corrected chi connectivity index (χ1v) is 11.0. The second-order valence-corrected chi connectivity index (χ2v) is 9.00. The zero-order chi connectivity index (χ0) is 24.4. The van der Waals surface area contributed by atoms with Gasteiger partial charge in [-0.25, -0.2) is 14.6 Å². The number of hydrogen-bond donors (Lipinski definition) is 2. The van der Waals surface area contributed by atoms with E-state index < -0.39 is 12.1 Å². The molecule has 3 N–H and O–H groups in total. The number of aryl methyl sites for hydroxylation is 1. The van der Waals surface area contributed by atoms with Crippen LogP contribution in [0.5, 0.6) is 0 Å². The largest absolute Gasteiger partial charge is 0.490 e. The van der Waals surface area contributed by atoms with Crippen LogP contribution in [-0.2, 0) is 21.5 Å². The van der Waals surface area contributed by atoms with Crippen LogP contribution in [0, 0.1) is 6.92 Å². The molecule has 2 aromatic rings. The van der Waals surface area contributed by atoms with Crippen LogP contribution in [0.2, 0.25) is 0 Å². The lowest BCUT2D eigenvalue weighted by molar-refractivity contribution is -0.192. The van der Waals surface area contributed by atoms with E-state index in [0.717, 1.165) is 29.2 Å². The molecule has 12 heteroatoms. The number of alkyl halides is 3. The topological polar surface area (TPSA) is 117 Å². The number of nitrogens with two attached hydrogens (primary N) is 1. The number of carboxylic acids is 1. The molecular formula is C21H23F3N4O4S. The van der Waals surface area contributed by atoms with Gasteiger partial charge >= 0.3 is 18.2 Å². The van der Waals surface area contributed by atoms with Gasteiger partial charge in [0.15, 0.2) is 0 Å². The van der Waals surface area contributed by atoms with E-state index >= 15 is 0 Å². The fraction of sp³-hybridized carbons (Fsp3) is 0.429. The summed E-state index contributed by atoms with van der Waals surface area (Å²) in [5.41, 5.74) is 8.33. The number of nitrogens with zero attached hydrogens (tertiary/aromatic N) is 3. The van der Waals surface area contributed by atoms with Crippen LogP contribution in [0.1, 0.15) is 35.5 Å². The van der Waals surface area contributed by atoms with Gasteiger partial charge in [0.2, 0.25) is 5.91 Å². The Kier molecular flexibility index (Phi) is 6.96. The maximum absolute atomic E-state index is 13.1. The van der Waals surface area contributed by atoms with Crippen molar-refractivity contribution in [1.82, 2.24) is 9.88 Å². The van der Waals surface area contributed by atoms with Crippen molar-refractivity contribution in [3.05, 3.63) is 45.9 Å². The Hall–Kier alpha value is -3.15. The van der Waals surface area contributed by atoms with Crippen molar-refractivity contribution in [2.24, 2.45) is 5.73 Å². The van der Waals surface area contributed by atoms with E-state index in [-0.39, 0.29) is 17.4 Å². The van der Waals surface area contributed by atoms with Crippen molar-refractivity contribution >= 4 is 34.9 Å². The third-order valence-electron chi connectivity index (χ3n) is 5.82. The molecule has 2 aliphatic heterocycles. The van der Waals surface area contributed by atoms with Gasteiger partial charge in [-0.05, 0) is 31.4 Å². The normalized spacial score (nSPS) is 17.3. The molecule has 1 spiro atoms. The van der Waals surface area contributed by atoms with Gasteiger partial charge in [0.05, 0.1) is 17.2 Å². The van der Waals surface area contributed by atoms with Gasteiger partial charge in [-0.3, -0.25) is 4.79 Å². The Labute approximate surface area is 191 Å². The molecule has 1 fully saturated rings. The second-order valence-electron chi connectivity index (χ2n) is 7.94. The van der Waals surface area contributed by atoms with Crippen LogP contribution < -0.4 is 10.6 Å². The highest BCUT2D eigenvalue weighted by Crippen LogP contribution is 2.47. The summed E-state index contributed by atoms with van der Waals surface area (Å²) in [7, 11) is 0. The molecule has 1 saturated heterocycles. The molecule has 0 unspecified atom stereocenters. The SMILES string of the molecule is Cc1nc(CN2C(=O)CC3(CCN(C(N)=O)CC3)c3ccccc32)cs1.O=C(O)C(F)(F)F. The highest BCUT2D eigenvalue weighted by atomic mass is 32.1. The lowest BCUT2D eigenvalue weighted by Gasteiger charge is -2.47. The van der Waals surface area contributed by atoms with Crippen molar-refractivity contribution in [2.75, 3.05) is 18.0 Å². The number of fused-ring (bicyclic) bond motifs is 2. The highest BCUT2D eigenvalue weighted by Gasteiger charge is 2.45. The Morgan fingerprint density at radius 2 is 1.85 bits per heavy atom. The van der Waals surface area contributed by atoms with E-state index in [0.29, 0.717) is 26.1 Å². The van der Waals surface area contributed by atoms with Gasteiger partial charge in [-0.2, -0.15) is 13.2 Å². The van der Waals surface area contributed by atoms with E-state index in [2.05, 4.69) is 11.1 Å². The number of aromatic nitrogens is 1. The van der Waals surface area contributed by atoms with Gasteiger partial charge in [0.25, 0.3) is 0 Å². The van der Waals surface area contributed by atoms with E-state index in [1.807, 2.05) is 35.4 Å². The highest BCUT2D eigenvalue weighted by molar-refractivity contribution is 7.09. The molecule has 4 rings (SSSR count). The average molecular weight is 485 g/mol. The van der Waals surface area contributed by atoms with Crippen LogP contribution in [0.25, 0.3) is 0 Å². The zero-order valence-corrected chi connectivity index (χ0v) is 18.6. The van der Waals surface area contributed by atoms with Crippen LogP contribution in [0.15, 0.2) is 29.6 Å². The first kappa shape index (κ1) is 24.5. The predicted molar refractivity (Wildman–Crippen MR) is 115 cm³/mol. The number of halogens is 3. The number of para-hydroxylation sites is 1. The number of aliphatic carboxylic acids is 1. The van der Waals surface area contributed by atoms with Crippen molar-refractivity contribution in [2.45, 2.75) is 44.3 Å². The number of benzene rings is 1. The third-order valence-corrected chi connectivity index (χ3v) is 6.64. The molecule has 0 bridgehead atoms. The monoisotopic (exact) mass is 484 g/mol. The Balaban J connectivity index is 0.000000383. The van der Waals surface area contributed by atoms with Crippen molar-refractivity contribution in [3.8, 4) is 0 Å². The first-order valence-electron chi connectivity index (χ1n) is 10.1. The minimum absolute atomic E-state index is 0.127. The van der Waals surface area contributed by atoms with Crippen molar-refractivity contribution in [1.29, 1.82) is 0 Å². The van der Waals surface area contributed by atoms with Gasteiger partial charge < -0.3 is 20.6 Å². The first-order chi connectivity index (χ1) is 15.4. The summed E-state index contributed by atoms with van der Waals surface area (Å²) in [5, 5.41) is 10.1. The Morgan fingerprint density at radius 3 is 2.36 bits per heavy atom. The summed E-state index contributed by atoms with van der Waals surface area (Å²) >= 11 is 1.60. The molecule has 0 radical (unpaired) electrons. The maximum atomic E-state index is 13.1. The number of primary amides is 1.